The van der Waals surface area contributed by atoms with Crippen molar-refractivity contribution in [2.24, 2.45) is 0 Å². The first-order chi connectivity index (χ1) is 10.6. The molecule has 22 heavy (non-hydrogen) atoms. The van der Waals surface area contributed by atoms with Gasteiger partial charge in [0.1, 0.15) is 0 Å². The number of hydrogen-bond acceptors (Lipinski definition) is 2. The molecule has 1 aromatic heterocycles. The van der Waals surface area contributed by atoms with Gasteiger partial charge in [0, 0.05) is 23.6 Å². The maximum atomic E-state index is 13.2. The third-order valence-corrected chi connectivity index (χ3v) is 3.05. The summed E-state index contributed by atoms with van der Waals surface area (Å²) in [7, 11) is 0. The first-order valence-electron chi connectivity index (χ1n) is 6.50. The number of halogens is 2. The predicted octanol–water partition coefficient (Wildman–Crippen LogP) is 3.40. The number of nitrogens with one attached hydrogen (secondary N) is 1. The molecule has 1 N–H and O–H groups in total. The van der Waals surface area contributed by atoms with Crippen LogP contribution in [0.25, 0.3) is 5.69 Å². The Morgan fingerprint density at radius 2 is 1.91 bits per heavy atom. The molecule has 0 spiro atoms. The number of anilines is 1. The van der Waals surface area contributed by atoms with Crippen LogP contribution in [0, 0.1) is 11.6 Å². The summed E-state index contributed by atoms with van der Waals surface area (Å²) >= 11 is 0. The van der Waals surface area contributed by atoms with Crippen molar-refractivity contribution in [2.45, 2.75) is 0 Å². The quantitative estimate of drug-likeness (QED) is 0.805. The van der Waals surface area contributed by atoms with Crippen LogP contribution < -0.4 is 5.32 Å². The van der Waals surface area contributed by atoms with E-state index in [0.29, 0.717) is 5.69 Å². The summed E-state index contributed by atoms with van der Waals surface area (Å²) in [6.07, 6.45) is 3.42. The molecular weight excluding hydrogens is 288 g/mol. The molecule has 4 nitrogen and oxygen atoms in total. The minimum absolute atomic E-state index is 0.0448. The Kier molecular flexibility index (Phi) is 3.65. The van der Waals surface area contributed by atoms with E-state index >= 15 is 0 Å². The van der Waals surface area contributed by atoms with Crippen molar-refractivity contribution in [1.29, 1.82) is 0 Å². The Balaban J connectivity index is 1.82. The lowest BCUT2D eigenvalue weighted by Gasteiger charge is -2.08. The molecule has 0 aliphatic heterocycles. The molecule has 2 aromatic carbocycles. The third-order valence-electron chi connectivity index (χ3n) is 3.05. The molecular formula is C16H11F2N3O. The second-order valence-corrected chi connectivity index (χ2v) is 4.58. The van der Waals surface area contributed by atoms with Crippen molar-refractivity contribution in [3.8, 4) is 5.69 Å². The number of carbonyl (C=O) groups excluding carboxylic acids is 1. The average molecular weight is 299 g/mol. The predicted molar refractivity (Wildman–Crippen MR) is 77.9 cm³/mol. The Hall–Kier alpha value is -3.02. The van der Waals surface area contributed by atoms with E-state index < -0.39 is 17.5 Å². The molecule has 1 heterocycles. The molecule has 0 fully saturated rings. The summed E-state index contributed by atoms with van der Waals surface area (Å²) in [5, 5.41) is 6.74. The van der Waals surface area contributed by atoms with E-state index in [4.69, 9.17) is 0 Å². The fourth-order valence-electron chi connectivity index (χ4n) is 1.99. The van der Waals surface area contributed by atoms with Gasteiger partial charge in [0.05, 0.1) is 5.69 Å². The van der Waals surface area contributed by atoms with Crippen LogP contribution in [0.2, 0.25) is 0 Å². The van der Waals surface area contributed by atoms with Crippen LogP contribution in [-0.2, 0) is 0 Å². The van der Waals surface area contributed by atoms with Crippen molar-refractivity contribution >= 4 is 11.6 Å². The van der Waals surface area contributed by atoms with E-state index in [1.165, 1.54) is 6.07 Å². The number of benzene rings is 2. The second kappa shape index (κ2) is 5.77. The zero-order valence-corrected chi connectivity index (χ0v) is 11.3. The van der Waals surface area contributed by atoms with Crippen molar-refractivity contribution in [3.63, 3.8) is 0 Å². The third kappa shape index (κ3) is 2.85. The first-order valence-corrected chi connectivity index (χ1v) is 6.50. The van der Waals surface area contributed by atoms with E-state index in [2.05, 4.69) is 10.4 Å². The van der Waals surface area contributed by atoms with Gasteiger partial charge in [0.15, 0.2) is 11.6 Å². The SMILES string of the molecule is O=C(Nc1cccc(-n2cccn2)c1)c1ccc(F)c(F)c1. The molecule has 0 aliphatic rings. The van der Waals surface area contributed by atoms with Gasteiger partial charge in [-0.05, 0) is 42.5 Å². The highest BCUT2D eigenvalue weighted by Crippen LogP contribution is 2.16. The maximum absolute atomic E-state index is 13.2. The minimum atomic E-state index is -1.06. The fourth-order valence-corrected chi connectivity index (χ4v) is 1.99. The van der Waals surface area contributed by atoms with Gasteiger partial charge in [0.2, 0.25) is 0 Å². The van der Waals surface area contributed by atoms with E-state index in [9.17, 15) is 13.6 Å². The monoisotopic (exact) mass is 299 g/mol. The molecule has 0 aliphatic carbocycles. The highest BCUT2D eigenvalue weighted by molar-refractivity contribution is 6.04. The summed E-state index contributed by atoms with van der Waals surface area (Å²) in [5.41, 5.74) is 1.35. The zero-order valence-electron chi connectivity index (χ0n) is 11.3. The van der Waals surface area contributed by atoms with Crippen LogP contribution in [0.5, 0.6) is 0 Å². The van der Waals surface area contributed by atoms with E-state index in [-0.39, 0.29) is 5.56 Å². The van der Waals surface area contributed by atoms with Gasteiger partial charge in [0.25, 0.3) is 5.91 Å². The lowest BCUT2D eigenvalue weighted by atomic mass is 10.2. The van der Waals surface area contributed by atoms with Gasteiger partial charge in [-0.25, -0.2) is 13.5 Å². The van der Waals surface area contributed by atoms with Gasteiger partial charge >= 0.3 is 0 Å². The molecule has 110 valence electrons. The topological polar surface area (TPSA) is 46.9 Å². The maximum Gasteiger partial charge on any atom is 0.255 e. The van der Waals surface area contributed by atoms with Gasteiger partial charge in [-0.3, -0.25) is 4.79 Å². The van der Waals surface area contributed by atoms with Crippen LogP contribution in [-0.4, -0.2) is 15.7 Å². The van der Waals surface area contributed by atoms with Gasteiger partial charge in [-0.2, -0.15) is 5.10 Å². The van der Waals surface area contributed by atoms with Crippen molar-refractivity contribution in [1.82, 2.24) is 9.78 Å². The zero-order chi connectivity index (χ0) is 15.5. The highest BCUT2D eigenvalue weighted by Gasteiger charge is 2.10. The lowest BCUT2D eigenvalue weighted by molar-refractivity contribution is 0.102. The van der Waals surface area contributed by atoms with E-state index in [1.54, 1.807) is 41.3 Å². The molecule has 3 rings (SSSR count). The number of aromatic nitrogens is 2. The van der Waals surface area contributed by atoms with Crippen LogP contribution in [0.15, 0.2) is 60.9 Å². The van der Waals surface area contributed by atoms with Gasteiger partial charge in [-0.1, -0.05) is 6.07 Å². The molecule has 6 heteroatoms. The molecule has 1 amide bonds. The van der Waals surface area contributed by atoms with Crippen molar-refractivity contribution in [3.05, 3.63) is 78.1 Å². The summed E-state index contributed by atoms with van der Waals surface area (Å²) in [6.45, 7) is 0. The van der Waals surface area contributed by atoms with Gasteiger partial charge in [-0.15, -0.1) is 0 Å². The van der Waals surface area contributed by atoms with Crippen molar-refractivity contribution < 1.29 is 13.6 Å². The molecule has 3 aromatic rings. The molecule has 0 saturated heterocycles. The number of carbonyl (C=O) groups is 1. The number of hydrogen-bond donors (Lipinski definition) is 1. The summed E-state index contributed by atoms with van der Waals surface area (Å²) < 4.78 is 27.7. The lowest BCUT2D eigenvalue weighted by Crippen LogP contribution is -2.12. The standard InChI is InChI=1S/C16H11F2N3O/c17-14-6-5-11(9-15(14)18)16(22)20-12-3-1-4-13(10-12)21-8-2-7-19-21/h1-10H,(H,20,22). The summed E-state index contributed by atoms with van der Waals surface area (Å²) in [4.78, 5) is 12.1. The fraction of sp³-hybridized carbons (Fsp3) is 0. The Morgan fingerprint density at radius 3 is 2.64 bits per heavy atom. The Bertz CT molecular complexity index is 816. The van der Waals surface area contributed by atoms with Crippen LogP contribution in [0.3, 0.4) is 0 Å². The Morgan fingerprint density at radius 1 is 1.05 bits per heavy atom. The molecule has 0 atom stereocenters. The minimum Gasteiger partial charge on any atom is -0.322 e. The van der Waals surface area contributed by atoms with Crippen LogP contribution in [0.4, 0.5) is 14.5 Å². The smallest absolute Gasteiger partial charge is 0.255 e. The molecule has 0 radical (unpaired) electrons. The summed E-state index contributed by atoms with van der Waals surface area (Å²) in [6, 6.07) is 11.8. The highest BCUT2D eigenvalue weighted by atomic mass is 19.2. The first kappa shape index (κ1) is 13.9. The second-order valence-electron chi connectivity index (χ2n) is 4.58. The van der Waals surface area contributed by atoms with E-state index in [0.717, 1.165) is 17.8 Å². The number of nitrogens with zero attached hydrogens (tertiary/aromatic N) is 2. The molecule has 0 bridgehead atoms. The van der Waals surface area contributed by atoms with E-state index in [1.807, 2.05) is 6.07 Å². The average Bonchev–Trinajstić information content (AvgIpc) is 3.04. The van der Waals surface area contributed by atoms with Gasteiger partial charge < -0.3 is 5.32 Å². The Labute approximate surface area is 125 Å². The number of amides is 1. The summed E-state index contributed by atoms with van der Waals surface area (Å²) in [5.74, 6) is -2.56. The largest absolute Gasteiger partial charge is 0.322 e. The van der Waals surface area contributed by atoms with Crippen molar-refractivity contribution in [2.75, 3.05) is 5.32 Å². The van der Waals surface area contributed by atoms with Crippen LogP contribution in [0.1, 0.15) is 10.4 Å². The normalized spacial score (nSPS) is 10.5. The molecule has 0 saturated carbocycles. The molecule has 0 unspecified atom stereocenters. The number of rotatable bonds is 3. The van der Waals surface area contributed by atoms with Crippen LogP contribution >= 0.6 is 0 Å².